The molecule has 3 aliphatic rings. The van der Waals surface area contributed by atoms with Gasteiger partial charge in [0.25, 0.3) is 5.91 Å². The molecule has 4 rings (SSSR count). The van der Waals surface area contributed by atoms with Gasteiger partial charge in [0.15, 0.2) is 0 Å². The molecule has 2 N–H and O–H groups in total. The van der Waals surface area contributed by atoms with Crippen LogP contribution in [0.5, 0.6) is 0 Å². The standard InChI is InChI=1S/C21H27N3O3/c25-17(22-18(16-9-10-16)15-7-3-1-4-8-15)11-14-24-19(26)21(23-20(24)27)12-5-2-6-13-21/h1,3-4,7-8,16,18H,2,5-6,9-14H2,(H,22,25)(H,23,27)/t18-/m0/s1. The molecule has 144 valence electrons. The highest BCUT2D eigenvalue weighted by Crippen LogP contribution is 2.41. The molecule has 3 fully saturated rings. The highest BCUT2D eigenvalue weighted by atomic mass is 16.2. The molecule has 4 amide bonds. The van der Waals surface area contributed by atoms with Gasteiger partial charge in [-0.3, -0.25) is 14.5 Å². The summed E-state index contributed by atoms with van der Waals surface area (Å²) in [6.07, 6.45) is 6.82. The van der Waals surface area contributed by atoms with E-state index < -0.39 is 5.54 Å². The lowest BCUT2D eigenvalue weighted by molar-refractivity contribution is -0.132. The van der Waals surface area contributed by atoms with E-state index in [4.69, 9.17) is 0 Å². The zero-order chi connectivity index (χ0) is 18.9. The number of urea groups is 1. The van der Waals surface area contributed by atoms with Crippen LogP contribution in [0.25, 0.3) is 0 Å². The van der Waals surface area contributed by atoms with E-state index in [0.29, 0.717) is 18.8 Å². The van der Waals surface area contributed by atoms with Gasteiger partial charge in [0, 0.05) is 13.0 Å². The van der Waals surface area contributed by atoms with Gasteiger partial charge >= 0.3 is 6.03 Å². The van der Waals surface area contributed by atoms with Crippen molar-refractivity contribution in [3.63, 3.8) is 0 Å². The lowest BCUT2D eigenvalue weighted by atomic mass is 9.82. The molecule has 6 nitrogen and oxygen atoms in total. The first kappa shape index (κ1) is 18.0. The van der Waals surface area contributed by atoms with Crippen LogP contribution in [0, 0.1) is 5.92 Å². The van der Waals surface area contributed by atoms with Crippen LogP contribution in [-0.4, -0.2) is 34.8 Å². The Labute approximate surface area is 159 Å². The molecule has 0 aromatic heterocycles. The second kappa shape index (κ2) is 7.33. The molecule has 0 bridgehead atoms. The third-order valence-electron chi connectivity index (χ3n) is 6.08. The first-order valence-electron chi connectivity index (χ1n) is 10.1. The summed E-state index contributed by atoms with van der Waals surface area (Å²) in [6, 6.07) is 9.67. The summed E-state index contributed by atoms with van der Waals surface area (Å²) in [7, 11) is 0. The minimum atomic E-state index is -0.716. The van der Waals surface area contributed by atoms with Crippen molar-refractivity contribution in [3.8, 4) is 0 Å². The number of imide groups is 1. The average molecular weight is 369 g/mol. The highest BCUT2D eigenvalue weighted by molar-refractivity contribution is 6.07. The summed E-state index contributed by atoms with van der Waals surface area (Å²) < 4.78 is 0. The zero-order valence-corrected chi connectivity index (χ0v) is 15.6. The number of benzene rings is 1. The summed E-state index contributed by atoms with van der Waals surface area (Å²) in [5, 5.41) is 6.00. The molecule has 6 heteroatoms. The topological polar surface area (TPSA) is 78.5 Å². The fourth-order valence-electron chi connectivity index (χ4n) is 4.40. The summed E-state index contributed by atoms with van der Waals surface area (Å²) in [6.45, 7) is 0.143. The molecular weight excluding hydrogens is 342 g/mol. The van der Waals surface area contributed by atoms with Crippen LogP contribution in [0.15, 0.2) is 30.3 Å². The Morgan fingerprint density at radius 3 is 2.52 bits per heavy atom. The van der Waals surface area contributed by atoms with Crippen molar-refractivity contribution in [3.05, 3.63) is 35.9 Å². The summed E-state index contributed by atoms with van der Waals surface area (Å²) >= 11 is 0. The number of carbonyl (C=O) groups excluding carboxylic acids is 3. The van der Waals surface area contributed by atoms with E-state index in [0.717, 1.165) is 37.7 Å². The molecule has 27 heavy (non-hydrogen) atoms. The smallest absolute Gasteiger partial charge is 0.325 e. The maximum absolute atomic E-state index is 12.8. The zero-order valence-electron chi connectivity index (χ0n) is 15.6. The van der Waals surface area contributed by atoms with Crippen LogP contribution in [-0.2, 0) is 9.59 Å². The van der Waals surface area contributed by atoms with E-state index in [1.807, 2.05) is 30.3 Å². The minimum Gasteiger partial charge on any atom is -0.349 e. The van der Waals surface area contributed by atoms with Crippen LogP contribution in [0.3, 0.4) is 0 Å². The van der Waals surface area contributed by atoms with Crippen molar-refractivity contribution in [2.24, 2.45) is 5.92 Å². The largest absolute Gasteiger partial charge is 0.349 e. The number of nitrogens with one attached hydrogen (secondary N) is 2. The Morgan fingerprint density at radius 2 is 1.85 bits per heavy atom. The average Bonchev–Trinajstić information content (AvgIpc) is 3.49. The van der Waals surface area contributed by atoms with Gasteiger partial charge in [-0.25, -0.2) is 4.79 Å². The fourth-order valence-corrected chi connectivity index (χ4v) is 4.40. The molecule has 2 saturated carbocycles. The molecule has 1 aromatic carbocycles. The normalized spacial score (nSPS) is 22.6. The van der Waals surface area contributed by atoms with Gasteiger partial charge in [0.05, 0.1) is 6.04 Å². The molecule has 1 spiro atoms. The lowest BCUT2D eigenvalue weighted by Gasteiger charge is -2.30. The predicted molar refractivity (Wildman–Crippen MR) is 101 cm³/mol. The Kier molecular flexibility index (Phi) is 4.89. The first-order valence-corrected chi connectivity index (χ1v) is 10.1. The van der Waals surface area contributed by atoms with Gasteiger partial charge in [-0.2, -0.15) is 0 Å². The molecular formula is C21H27N3O3. The fraction of sp³-hybridized carbons (Fsp3) is 0.571. The van der Waals surface area contributed by atoms with Crippen molar-refractivity contribution in [2.75, 3.05) is 6.54 Å². The number of rotatable bonds is 6. The number of nitrogens with zero attached hydrogens (tertiary/aromatic N) is 1. The van der Waals surface area contributed by atoms with Gasteiger partial charge in [-0.15, -0.1) is 0 Å². The highest BCUT2D eigenvalue weighted by Gasteiger charge is 2.51. The molecule has 0 unspecified atom stereocenters. The summed E-state index contributed by atoms with van der Waals surface area (Å²) in [5.74, 6) is 0.223. The SMILES string of the molecule is O=C(CCN1C(=O)NC2(CCCCC2)C1=O)N[C@@H](c1ccccc1)C1CC1. The first-order chi connectivity index (χ1) is 13.1. The van der Waals surface area contributed by atoms with E-state index in [-0.39, 0.29) is 36.9 Å². The molecule has 0 radical (unpaired) electrons. The van der Waals surface area contributed by atoms with Gasteiger partial charge in [-0.1, -0.05) is 49.6 Å². The van der Waals surface area contributed by atoms with Gasteiger partial charge in [0.2, 0.25) is 5.91 Å². The van der Waals surface area contributed by atoms with Crippen molar-refractivity contribution < 1.29 is 14.4 Å². The second-order valence-corrected chi connectivity index (χ2v) is 8.07. The van der Waals surface area contributed by atoms with Crippen LogP contribution in [0.1, 0.15) is 63.0 Å². The molecule has 1 aromatic rings. The number of hydrogen-bond donors (Lipinski definition) is 2. The molecule has 1 aliphatic heterocycles. The maximum atomic E-state index is 12.8. The Hall–Kier alpha value is -2.37. The molecule has 2 aliphatic carbocycles. The lowest BCUT2D eigenvalue weighted by Crippen LogP contribution is -2.48. The van der Waals surface area contributed by atoms with Crippen LogP contribution < -0.4 is 10.6 Å². The monoisotopic (exact) mass is 369 g/mol. The molecule has 1 saturated heterocycles. The third kappa shape index (κ3) is 3.70. The quantitative estimate of drug-likeness (QED) is 0.757. The van der Waals surface area contributed by atoms with E-state index in [1.165, 1.54) is 4.90 Å². The number of hydrogen-bond acceptors (Lipinski definition) is 3. The van der Waals surface area contributed by atoms with Crippen molar-refractivity contribution >= 4 is 17.8 Å². The van der Waals surface area contributed by atoms with Crippen LogP contribution in [0.2, 0.25) is 0 Å². The van der Waals surface area contributed by atoms with Gasteiger partial charge < -0.3 is 10.6 Å². The maximum Gasteiger partial charge on any atom is 0.325 e. The van der Waals surface area contributed by atoms with Crippen LogP contribution >= 0.6 is 0 Å². The van der Waals surface area contributed by atoms with Gasteiger partial charge in [0.1, 0.15) is 5.54 Å². The van der Waals surface area contributed by atoms with E-state index in [9.17, 15) is 14.4 Å². The van der Waals surface area contributed by atoms with Crippen molar-refractivity contribution in [1.82, 2.24) is 15.5 Å². The van der Waals surface area contributed by atoms with Crippen LogP contribution in [0.4, 0.5) is 4.79 Å². The van der Waals surface area contributed by atoms with E-state index in [1.54, 1.807) is 0 Å². The Bertz CT molecular complexity index is 723. The minimum absolute atomic E-state index is 0.0199. The predicted octanol–water partition coefficient (Wildman–Crippen LogP) is 2.90. The summed E-state index contributed by atoms with van der Waals surface area (Å²) in [5.41, 5.74) is 0.399. The van der Waals surface area contributed by atoms with E-state index in [2.05, 4.69) is 10.6 Å². The Morgan fingerprint density at radius 1 is 1.15 bits per heavy atom. The Balaban J connectivity index is 1.35. The second-order valence-electron chi connectivity index (χ2n) is 8.07. The number of amides is 4. The van der Waals surface area contributed by atoms with Gasteiger partial charge in [-0.05, 0) is 37.2 Å². The number of carbonyl (C=O) groups is 3. The summed E-state index contributed by atoms with van der Waals surface area (Å²) in [4.78, 5) is 38.8. The van der Waals surface area contributed by atoms with Crippen molar-refractivity contribution in [1.29, 1.82) is 0 Å². The molecule has 1 heterocycles. The van der Waals surface area contributed by atoms with E-state index >= 15 is 0 Å². The third-order valence-corrected chi connectivity index (χ3v) is 6.08. The van der Waals surface area contributed by atoms with Crippen molar-refractivity contribution in [2.45, 2.75) is 62.9 Å². The molecule has 1 atom stereocenters.